The van der Waals surface area contributed by atoms with Crippen molar-refractivity contribution in [3.05, 3.63) is 29.0 Å². The van der Waals surface area contributed by atoms with E-state index < -0.39 is 11.5 Å². The first-order valence-electron chi connectivity index (χ1n) is 8.37. The van der Waals surface area contributed by atoms with E-state index in [4.69, 9.17) is 17.3 Å². The molecular weight excluding hydrogens is 331 g/mol. The summed E-state index contributed by atoms with van der Waals surface area (Å²) in [5.41, 5.74) is 6.60. The first kappa shape index (κ1) is 17.5. The first-order valence-corrected chi connectivity index (χ1v) is 8.75. The summed E-state index contributed by atoms with van der Waals surface area (Å²) in [6, 6.07) is 4.71. The monoisotopic (exact) mass is 354 g/mol. The Balaban J connectivity index is 1.87. The van der Waals surface area contributed by atoms with E-state index in [1.807, 2.05) is 7.05 Å². The van der Waals surface area contributed by atoms with E-state index in [0.717, 1.165) is 37.9 Å². The van der Waals surface area contributed by atoms with Crippen molar-refractivity contribution in [1.29, 1.82) is 0 Å². The molecule has 3 rings (SSSR count). The summed E-state index contributed by atoms with van der Waals surface area (Å²) in [4.78, 5) is 16.1. The third-order valence-corrected chi connectivity index (χ3v) is 5.41. The number of rotatable bonds is 3. The Morgan fingerprint density at radius 1 is 1.42 bits per heavy atom. The molecule has 2 unspecified atom stereocenters. The number of hydrogen-bond donors (Lipinski definition) is 2. The predicted molar refractivity (Wildman–Crippen MR) is 93.4 cm³/mol. The number of nitrogens with zero attached hydrogens (tertiary/aromatic N) is 2. The van der Waals surface area contributed by atoms with Crippen LogP contribution in [-0.2, 0) is 4.79 Å². The molecule has 0 radical (unpaired) electrons. The minimum atomic E-state index is -0.439. The van der Waals surface area contributed by atoms with E-state index in [1.165, 1.54) is 6.07 Å². The second-order valence-corrected chi connectivity index (χ2v) is 7.29. The highest BCUT2D eigenvalue weighted by Gasteiger charge is 2.43. The lowest BCUT2D eigenvalue weighted by molar-refractivity contribution is -0.137. The van der Waals surface area contributed by atoms with Crippen molar-refractivity contribution in [3.8, 4) is 0 Å². The highest BCUT2D eigenvalue weighted by Crippen LogP contribution is 2.35. The maximum absolute atomic E-state index is 13.4. The van der Waals surface area contributed by atoms with Gasteiger partial charge in [0, 0.05) is 31.9 Å². The molecule has 24 heavy (non-hydrogen) atoms. The molecule has 1 heterocycles. The van der Waals surface area contributed by atoms with Crippen LogP contribution in [0.5, 0.6) is 0 Å². The van der Waals surface area contributed by atoms with Crippen molar-refractivity contribution >= 4 is 23.2 Å². The first-order chi connectivity index (χ1) is 11.4. The number of benzene rings is 1. The Kier molecular flexibility index (Phi) is 4.99. The predicted octanol–water partition coefficient (Wildman–Crippen LogP) is 2.26. The van der Waals surface area contributed by atoms with Gasteiger partial charge in [0.15, 0.2) is 0 Å². The third-order valence-electron chi connectivity index (χ3n) is 5.12. The molecule has 1 aliphatic carbocycles. The van der Waals surface area contributed by atoms with Gasteiger partial charge in [-0.1, -0.05) is 11.6 Å². The zero-order chi connectivity index (χ0) is 17.3. The van der Waals surface area contributed by atoms with Gasteiger partial charge in [-0.2, -0.15) is 0 Å². The van der Waals surface area contributed by atoms with Crippen molar-refractivity contribution in [2.45, 2.75) is 37.4 Å². The Morgan fingerprint density at radius 3 is 2.88 bits per heavy atom. The van der Waals surface area contributed by atoms with Crippen LogP contribution in [0.1, 0.15) is 25.7 Å². The molecule has 3 N–H and O–H groups in total. The van der Waals surface area contributed by atoms with Gasteiger partial charge >= 0.3 is 0 Å². The van der Waals surface area contributed by atoms with Gasteiger partial charge in [0.25, 0.3) is 0 Å². The molecule has 7 heteroatoms. The van der Waals surface area contributed by atoms with E-state index >= 15 is 0 Å². The second-order valence-electron chi connectivity index (χ2n) is 6.88. The molecule has 2 fully saturated rings. The molecule has 1 saturated heterocycles. The second kappa shape index (κ2) is 6.86. The maximum atomic E-state index is 13.4. The van der Waals surface area contributed by atoms with Crippen LogP contribution < -0.4 is 11.1 Å². The number of amides is 1. The summed E-state index contributed by atoms with van der Waals surface area (Å²) in [5, 5.41) is 3.61. The smallest absolute Gasteiger partial charge is 0.236 e. The van der Waals surface area contributed by atoms with Gasteiger partial charge in [-0.15, -0.1) is 0 Å². The minimum Gasteiger partial charge on any atom is -0.367 e. The van der Waals surface area contributed by atoms with Crippen LogP contribution in [0, 0.1) is 5.82 Å². The molecule has 132 valence electrons. The van der Waals surface area contributed by atoms with Crippen LogP contribution in [0.15, 0.2) is 18.2 Å². The van der Waals surface area contributed by atoms with Crippen molar-refractivity contribution in [2.75, 3.05) is 32.0 Å². The van der Waals surface area contributed by atoms with Crippen LogP contribution in [0.4, 0.5) is 10.1 Å². The van der Waals surface area contributed by atoms with E-state index in [2.05, 4.69) is 10.2 Å². The number of nitrogens with two attached hydrogens (primary N) is 1. The molecule has 1 aromatic carbocycles. The fourth-order valence-corrected chi connectivity index (χ4v) is 3.92. The fraction of sp³-hybridized carbons (Fsp3) is 0.588. The van der Waals surface area contributed by atoms with E-state index in [1.54, 1.807) is 17.0 Å². The molecule has 1 saturated carbocycles. The molecule has 5 nitrogen and oxygen atoms in total. The summed E-state index contributed by atoms with van der Waals surface area (Å²) in [5.74, 6) is -0.329. The SMILES string of the molecule is CN1CCN(C2(Nc3ccc(F)c(Cl)c3)CCCC(N)C2)CC1=O. The standard InChI is InChI=1S/C17H24ClFN4O/c1-22-7-8-23(11-16(22)24)17(6-2-3-12(20)10-17)21-13-4-5-15(19)14(18)9-13/h4-5,9,12,21H,2-3,6-8,10-11,20H2,1H3. The highest BCUT2D eigenvalue weighted by molar-refractivity contribution is 6.31. The molecule has 0 spiro atoms. The van der Waals surface area contributed by atoms with Gasteiger partial charge in [-0.25, -0.2) is 4.39 Å². The zero-order valence-electron chi connectivity index (χ0n) is 13.9. The maximum Gasteiger partial charge on any atom is 0.236 e. The molecule has 2 aliphatic rings. The number of carbonyl (C=O) groups excluding carboxylic acids is 1. The summed E-state index contributed by atoms with van der Waals surface area (Å²) >= 11 is 5.92. The summed E-state index contributed by atoms with van der Waals surface area (Å²) in [6.07, 6.45) is 3.62. The molecular formula is C17H24ClFN4O. The van der Waals surface area contributed by atoms with Crippen LogP contribution in [0.3, 0.4) is 0 Å². The normalized spacial score (nSPS) is 28.9. The minimum absolute atomic E-state index is 0.0805. The van der Waals surface area contributed by atoms with Gasteiger partial charge in [0.2, 0.25) is 5.91 Å². The van der Waals surface area contributed by atoms with Crippen LogP contribution in [0.25, 0.3) is 0 Å². The Morgan fingerprint density at radius 2 is 2.21 bits per heavy atom. The highest BCUT2D eigenvalue weighted by atomic mass is 35.5. The molecule has 0 bridgehead atoms. The average Bonchev–Trinajstić information content (AvgIpc) is 2.53. The summed E-state index contributed by atoms with van der Waals surface area (Å²) in [6.45, 7) is 1.85. The largest absolute Gasteiger partial charge is 0.367 e. The van der Waals surface area contributed by atoms with Gasteiger partial charge in [0.1, 0.15) is 5.82 Å². The van der Waals surface area contributed by atoms with Gasteiger partial charge in [-0.05, 0) is 43.9 Å². The molecule has 0 aromatic heterocycles. The molecule has 1 amide bonds. The van der Waals surface area contributed by atoms with Crippen LogP contribution in [-0.4, -0.2) is 54.1 Å². The Labute approximate surface area is 146 Å². The lowest BCUT2D eigenvalue weighted by atomic mass is 9.83. The Bertz CT molecular complexity index is 629. The van der Waals surface area contributed by atoms with Crippen LogP contribution in [0.2, 0.25) is 5.02 Å². The van der Waals surface area contributed by atoms with Crippen molar-refractivity contribution in [3.63, 3.8) is 0 Å². The van der Waals surface area contributed by atoms with Gasteiger partial charge in [-0.3, -0.25) is 9.69 Å². The lowest BCUT2D eigenvalue weighted by Crippen LogP contribution is -2.64. The molecule has 1 aromatic rings. The number of carbonyl (C=O) groups is 1. The van der Waals surface area contributed by atoms with Crippen molar-refractivity contribution in [1.82, 2.24) is 9.80 Å². The van der Waals surface area contributed by atoms with Crippen LogP contribution >= 0.6 is 11.6 Å². The van der Waals surface area contributed by atoms with Gasteiger partial charge < -0.3 is 16.0 Å². The summed E-state index contributed by atoms with van der Waals surface area (Å²) in [7, 11) is 1.83. The van der Waals surface area contributed by atoms with E-state index in [9.17, 15) is 9.18 Å². The quantitative estimate of drug-likeness (QED) is 0.874. The number of hydrogen-bond acceptors (Lipinski definition) is 4. The summed E-state index contributed by atoms with van der Waals surface area (Å²) < 4.78 is 13.4. The van der Waals surface area contributed by atoms with E-state index in [0.29, 0.717) is 13.1 Å². The third kappa shape index (κ3) is 3.50. The average molecular weight is 355 g/mol. The number of halogens is 2. The fourth-order valence-electron chi connectivity index (χ4n) is 3.74. The Hall–Kier alpha value is -1.37. The lowest BCUT2D eigenvalue weighted by Gasteiger charge is -2.51. The van der Waals surface area contributed by atoms with Crippen molar-refractivity contribution < 1.29 is 9.18 Å². The number of piperazine rings is 1. The molecule has 1 aliphatic heterocycles. The van der Waals surface area contributed by atoms with Gasteiger partial charge in [0.05, 0.1) is 17.2 Å². The number of likely N-dealkylation sites (N-methyl/N-ethyl adjacent to an activating group) is 1. The number of nitrogens with one attached hydrogen (secondary N) is 1. The number of anilines is 1. The topological polar surface area (TPSA) is 61.6 Å². The van der Waals surface area contributed by atoms with Crippen molar-refractivity contribution in [2.24, 2.45) is 5.73 Å². The van der Waals surface area contributed by atoms with E-state index in [-0.39, 0.29) is 17.0 Å². The zero-order valence-corrected chi connectivity index (χ0v) is 14.7. The molecule has 2 atom stereocenters.